The number of para-hydroxylation sites is 3. The van der Waals surface area contributed by atoms with Crippen LogP contribution in [0.2, 0.25) is 0 Å². The highest BCUT2D eigenvalue weighted by molar-refractivity contribution is 6.16. The Bertz CT molecular complexity index is 4060. The molecule has 0 atom stereocenters. The van der Waals surface area contributed by atoms with Crippen molar-refractivity contribution >= 4 is 54.5 Å². The van der Waals surface area contributed by atoms with Gasteiger partial charge in [0.25, 0.3) is 0 Å². The van der Waals surface area contributed by atoms with Crippen LogP contribution in [0.3, 0.4) is 0 Å². The van der Waals surface area contributed by atoms with E-state index < -0.39 is 5.41 Å². The number of rotatable bonds is 6. The van der Waals surface area contributed by atoms with Gasteiger partial charge in [-0.15, -0.1) is 0 Å². The van der Waals surface area contributed by atoms with Crippen LogP contribution in [0.25, 0.3) is 105 Å². The first kappa shape index (κ1) is 37.4. The lowest BCUT2D eigenvalue weighted by Gasteiger charge is -2.35. The molecule has 312 valence electrons. The molecule has 5 heteroatoms. The number of hydrogen-bond donors (Lipinski definition) is 0. The Morgan fingerprint density at radius 1 is 0.388 bits per heavy atom. The molecule has 0 aliphatic heterocycles. The van der Waals surface area contributed by atoms with Crippen LogP contribution in [0, 0.1) is 0 Å². The summed E-state index contributed by atoms with van der Waals surface area (Å²) in [5.41, 5.74) is 14.1. The molecule has 3 heterocycles. The van der Waals surface area contributed by atoms with Crippen LogP contribution < -0.4 is 0 Å². The summed E-state index contributed by atoms with van der Waals surface area (Å²) in [5, 5.41) is 6.76. The van der Waals surface area contributed by atoms with E-state index >= 15 is 0 Å². The Kier molecular flexibility index (Phi) is 8.13. The van der Waals surface area contributed by atoms with Crippen molar-refractivity contribution in [3.8, 4) is 51.0 Å². The number of furan rings is 1. The smallest absolute Gasteiger partial charge is 0.164 e. The Hall–Kier alpha value is -8.93. The normalized spacial score (nSPS) is 12.9. The average molecular weight is 855 g/mol. The molecule has 13 aromatic rings. The van der Waals surface area contributed by atoms with Gasteiger partial charge >= 0.3 is 0 Å². The third-order valence-electron chi connectivity index (χ3n) is 13.9. The molecule has 10 aromatic carbocycles. The van der Waals surface area contributed by atoms with Crippen LogP contribution in [0.5, 0.6) is 0 Å². The molecule has 0 saturated heterocycles. The van der Waals surface area contributed by atoms with E-state index in [1.165, 1.54) is 27.4 Å². The summed E-state index contributed by atoms with van der Waals surface area (Å²) < 4.78 is 8.75. The van der Waals surface area contributed by atoms with Gasteiger partial charge in [-0.2, -0.15) is 0 Å². The zero-order valence-corrected chi connectivity index (χ0v) is 36.1. The van der Waals surface area contributed by atoms with Crippen molar-refractivity contribution in [2.45, 2.75) is 5.41 Å². The van der Waals surface area contributed by atoms with Crippen molar-refractivity contribution in [2.24, 2.45) is 0 Å². The topological polar surface area (TPSA) is 56.7 Å². The largest absolute Gasteiger partial charge is 0.456 e. The standard InChI is InChI=1S/C62H38N4O/c1-4-19-43(20-5-1)62(44-21-6-2-7-22-44)52-35-34-48-46-25-12-14-29-53(46)66(45-23-8-3-9-24-45)58(48)56(52)49-27-16-28-50(57(49)62)61-64-59(41-32-31-39-17-10-11-18-40(39)37-41)63-60(65-61)42-33-36-55-51(38-42)47-26-13-15-30-54(47)67-55/h1-38H. The highest BCUT2D eigenvalue weighted by Gasteiger charge is 2.49. The van der Waals surface area contributed by atoms with Gasteiger partial charge in [-0.25, -0.2) is 15.0 Å². The lowest BCUT2D eigenvalue weighted by Crippen LogP contribution is -2.29. The fourth-order valence-electron chi connectivity index (χ4n) is 11.1. The molecule has 1 aliphatic rings. The molecule has 67 heavy (non-hydrogen) atoms. The molecule has 0 bridgehead atoms. The summed E-state index contributed by atoms with van der Waals surface area (Å²) in [7, 11) is 0. The minimum atomic E-state index is -0.763. The molecule has 0 unspecified atom stereocenters. The molecule has 0 N–H and O–H groups in total. The number of nitrogens with zero attached hydrogens (tertiary/aromatic N) is 4. The number of hydrogen-bond acceptors (Lipinski definition) is 4. The SMILES string of the molecule is c1ccc(-n2c3ccccc3c3ccc4c(c32)-c2cccc(-c3nc(-c5ccc6ccccc6c5)nc(-c5ccc6oc7ccccc7c6c5)n3)c2C4(c2ccccc2)c2ccccc2)cc1. The second kappa shape index (κ2) is 14.5. The first-order valence-electron chi connectivity index (χ1n) is 22.8. The van der Waals surface area contributed by atoms with Gasteiger partial charge in [0.1, 0.15) is 11.2 Å². The van der Waals surface area contributed by atoms with E-state index in [-0.39, 0.29) is 0 Å². The number of fused-ring (bicyclic) bond motifs is 11. The van der Waals surface area contributed by atoms with Gasteiger partial charge in [0.05, 0.1) is 16.4 Å². The minimum absolute atomic E-state index is 0.588. The summed E-state index contributed by atoms with van der Waals surface area (Å²) >= 11 is 0. The highest BCUT2D eigenvalue weighted by Crippen LogP contribution is 2.60. The van der Waals surface area contributed by atoms with Crippen LogP contribution >= 0.6 is 0 Å². The van der Waals surface area contributed by atoms with Crippen molar-refractivity contribution in [1.29, 1.82) is 0 Å². The Morgan fingerprint density at radius 2 is 0.985 bits per heavy atom. The van der Waals surface area contributed by atoms with Gasteiger partial charge in [-0.3, -0.25) is 0 Å². The molecule has 0 saturated carbocycles. The molecule has 0 spiro atoms. The van der Waals surface area contributed by atoms with E-state index in [4.69, 9.17) is 19.4 Å². The maximum atomic E-state index is 6.29. The molecular formula is C62H38N4O. The monoisotopic (exact) mass is 854 g/mol. The Morgan fingerprint density at radius 3 is 1.76 bits per heavy atom. The van der Waals surface area contributed by atoms with Crippen molar-refractivity contribution < 1.29 is 4.42 Å². The lowest BCUT2D eigenvalue weighted by molar-refractivity contribution is 0.669. The third kappa shape index (κ3) is 5.52. The third-order valence-corrected chi connectivity index (χ3v) is 13.9. The van der Waals surface area contributed by atoms with Crippen molar-refractivity contribution in [2.75, 3.05) is 0 Å². The van der Waals surface area contributed by atoms with E-state index in [0.29, 0.717) is 17.5 Å². The van der Waals surface area contributed by atoms with Gasteiger partial charge in [0, 0.05) is 49.5 Å². The predicted molar refractivity (Wildman–Crippen MR) is 273 cm³/mol. The second-order valence-electron chi connectivity index (χ2n) is 17.5. The quantitative estimate of drug-likeness (QED) is 0.167. The van der Waals surface area contributed by atoms with E-state index in [1.54, 1.807) is 0 Å². The first-order chi connectivity index (χ1) is 33.2. The molecule has 5 nitrogen and oxygen atoms in total. The second-order valence-corrected chi connectivity index (χ2v) is 17.5. The summed E-state index contributed by atoms with van der Waals surface area (Å²) in [4.78, 5) is 16.4. The van der Waals surface area contributed by atoms with Crippen LogP contribution in [0.4, 0.5) is 0 Å². The highest BCUT2D eigenvalue weighted by atomic mass is 16.3. The Labute approximate surface area is 385 Å². The molecule has 0 fully saturated rings. The van der Waals surface area contributed by atoms with Gasteiger partial charge in [-0.1, -0.05) is 182 Å². The van der Waals surface area contributed by atoms with Gasteiger partial charge in [0.15, 0.2) is 17.5 Å². The van der Waals surface area contributed by atoms with Crippen LogP contribution in [0.15, 0.2) is 235 Å². The summed E-state index contributed by atoms with van der Waals surface area (Å²) in [6, 6.07) is 82.3. The van der Waals surface area contributed by atoms with Gasteiger partial charge in [-0.05, 0) is 87.1 Å². The molecule has 0 radical (unpaired) electrons. The van der Waals surface area contributed by atoms with Crippen LogP contribution in [-0.2, 0) is 5.41 Å². The minimum Gasteiger partial charge on any atom is -0.456 e. The summed E-state index contributed by atoms with van der Waals surface area (Å²) in [6.45, 7) is 0. The van der Waals surface area contributed by atoms with E-state index in [0.717, 1.165) is 82.9 Å². The maximum absolute atomic E-state index is 6.29. The molecule has 0 amide bonds. The van der Waals surface area contributed by atoms with Crippen LogP contribution in [-0.4, -0.2) is 19.5 Å². The number of benzene rings is 10. The summed E-state index contributed by atoms with van der Waals surface area (Å²) in [5.74, 6) is 1.80. The van der Waals surface area contributed by atoms with Crippen LogP contribution in [0.1, 0.15) is 22.3 Å². The zero-order valence-electron chi connectivity index (χ0n) is 36.1. The van der Waals surface area contributed by atoms with Gasteiger partial charge < -0.3 is 8.98 Å². The first-order valence-corrected chi connectivity index (χ1v) is 22.8. The van der Waals surface area contributed by atoms with Crippen molar-refractivity contribution in [3.63, 3.8) is 0 Å². The molecular weight excluding hydrogens is 817 g/mol. The molecule has 3 aromatic heterocycles. The fraction of sp³-hybridized carbons (Fsp3) is 0.0161. The zero-order chi connectivity index (χ0) is 44.1. The predicted octanol–water partition coefficient (Wildman–Crippen LogP) is 15.4. The van der Waals surface area contributed by atoms with Crippen molar-refractivity contribution in [1.82, 2.24) is 19.5 Å². The van der Waals surface area contributed by atoms with E-state index in [1.807, 2.05) is 18.2 Å². The Balaban J connectivity index is 1.12. The average Bonchev–Trinajstić information content (AvgIpc) is 4.05. The van der Waals surface area contributed by atoms with Crippen molar-refractivity contribution in [3.05, 3.63) is 253 Å². The van der Waals surface area contributed by atoms with E-state index in [2.05, 4.69) is 217 Å². The summed E-state index contributed by atoms with van der Waals surface area (Å²) in [6.07, 6.45) is 0. The lowest BCUT2D eigenvalue weighted by atomic mass is 9.66. The van der Waals surface area contributed by atoms with Gasteiger partial charge in [0.2, 0.25) is 0 Å². The fourth-order valence-corrected chi connectivity index (χ4v) is 11.1. The maximum Gasteiger partial charge on any atom is 0.164 e. The van der Waals surface area contributed by atoms with E-state index in [9.17, 15) is 0 Å². The number of aromatic nitrogens is 4. The molecule has 1 aliphatic carbocycles. The molecule has 14 rings (SSSR count).